The average Bonchev–Trinajstić information content (AvgIpc) is 2.75. The van der Waals surface area contributed by atoms with Gasteiger partial charge < -0.3 is 15.7 Å². The number of nitrogens with zero attached hydrogens (tertiary/aromatic N) is 1. The molecule has 0 bridgehead atoms. The first kappa shape index (κ1) is 12.0. The zero-order valence-corrected chi connectivity index (χ0v) is 9.68. The number of thiophene rings is 1. The maximum atomic E-state index is 8.69. The van der Waals surface area contributed by atoms with E-state index < -0.39 is 0 Å². The van der Waals surface area contributed by atoms with Gasteiger partial charge in [-0.05, 0) is 18.4 Å². The predicted octanol–water partition coefficient (Wildman–Crippen LogP) is 0.796. The standard InChI is InChI=1S/C10H17N3OS/c1-2-11-10(12-5-6-14)13-8-9-4-3-7-15-9/h3-4,7,14H,2,5-6,8H2,1H3,(H2,11,12,13). The SMILES string of the molecule is CCNC(=NCc1cccs1)NCCO. The first-order valence-electron chi connectivity index (χ1n) is 5.02. The average molecular weight is 227 g/mol. The Hall–Kier alpha value is -1.07. The zero-order valence-electron chi connectivity index (χ0n) is 8.86. The Kier molecular flexibility index (Phi) is 5.80. The molecule has 0 atom stereocenters. The second kappa shape index (κ2) is 7.25. The van der Waals surface area contributed by atoms with Gasteiger partial charge in [0, 0.05) is 18.0 Å². The maximum Gasteiger partial charge on any atom is 0.191 e. The lowest BCUT2D eigenvalue weighted by Gasteiger charge is -2.09. The van der Waals surface area contributed by atoms with E-state index in [1.165, 1.54) is 4.88 Å². The molecule has 1 heterocycles. The Morgan fingerprint density at radius 2 is 2.40 bits per heavy atom. The summed E-state index contributed by atoms with van der Waals surface area (Å²) >= 11 is 1.69. The highest BCUT2D eigenvalue weighted by Gasteiger charge is 1.96. The Bertz CT molecular complexity index is 285. The van der Waals surface area contributed by atoms with Crippen LogP contribution in [0.3, 0.4) is 0 Å². The molecular formula is C10H17N3OS. The molecule has 3 N–H and O–H groups in total. The number of hydrogen-bond acceptors (Lipinski definition) is 3. The van der Waals surface area contributed by atoms with Crippen LogP contribution in [0.2, 0.25) is 0 Å². The van der Waals surface area contributed by atoms with E-state index in [2.05, 4.69) is 21.7 Å². The van der Waals surface area contributed by atoms with Crippen molar-refractivity contribution in [3.05, 3.63) is 22.4 Å². The Morgan fingerprint density at radius 1 is 1.53 bits per heavy atom. The molecule has 0 saturated heterocycles. The van der Waals surface area contributed by atoms with Crippen LogP contribution < -0.4 is 10.6 Å². The fourth-order valence-electron chi connectivity index (χ4n) is 1.08. The van der Waals surface area contributed by atoms with E-state index in [1.807, 2.05) is 18.4 Å². The summed E-state index contributed by atoms with van der Waals surface area (Å²) in [6, 6.07) is 4.08. The molecule has 0 aromatic carbocycles. The highest BCUT2D eigenvalue weighted by Crippen LogP contribution is 2.08. The van der Waals surface area contributed by atoms with Crippen LogP contribution in [-0.4, -0.2) is 30.8 Å². The van der Waals surface area contributed by atoms with Crippen molar-refractivity contribution in [3.63, 3.8) is 0 Å². The number of aliphatic hydroxyl groups is 1. The van der Waals surface area contributed by atoms with Gasteiger partial charge in [0.15, 0.2) is 5.96 Å². The van der Waals surface area contributed by atoms with E-state index >= 15 is 0 Å². The van der Waals surface area contributed by atoms with Crippen molar-refractivity contribution in [1.29, 1.82) is 0 Å². The summed E-state index contributed by atoms with van der Waals surface area (Å²) in [4.78, 5) is 5.62. The van der Waals surface area contributed by atoms with Crippen LogP contribution in [0.1, 0.15) is 11.8 Å². The fourth-order valence-corrected chi connectivity index (χ4v) is 1.70. The molecule has 0 saturated carbocycles. The molecule has 1 aromatic rings. The van der Waals surface area contributed by atoms with Crippen molar-refractivity contribution in [2.24, 2.45) is 4.99 Å². The summed E-state index contributed by atoms with van der Waals surface area (Å²) in [7, 11) is 0. The van der Waals surface area contributed by atoms with E-state index in [4.69, 9.17) is 5.11 Å². The smallest absolute Gasteiger partial charge is 0.191 e. The van der Waals surface area contributed by atoms with Gasteiger partial charge in [-0.25, -0.2) is 4.99 Å². The number of rotatable bonds is 5. The van der Waals surface area contributed by atoms with Gasteiger partial charge in [-0.2, -0.15) is 0 Å². The minimum absolute atomic E-state index is 0.115. The third-order valence-electron chi connectivity index (χ3n) is 1.72. The summed E-state index contributed by atoms with van der Waals surface area (Å²) in [5.41, 5.74) is 0. The van der Waals surface area contributed by atoms with Gasteiger partial charge in [0.2, 0.25) is 0 Å². The van der Waals surface area contributed by atoms with Gasteiger partial charge in [-0.3, -0.25) is 0 Å². The zero-order chi connectivity index (χ0) is 10.9. The first-order chi connectivity index (χ1) is 7.36. The van der Waals surface area contributed by atoms with Crippen LogP contribution in [0.15, 0.2) is 22.5 Å². The van der Waals surface area contributed by atoms with Crippen molar-refractivity contribution in [1.82, 2.24) is 10.6 Å². The largest absolute Gasteiger partial charge is 0.395 e. The van der Waals surface area contributed by atoms with Crippen LogP contribution in [0.25, 0.3) is 0 Å². The van der Waals surface area contributed by atoms with Crippen LogP contribution >= 0.6 is 11.3 Å². The van der Waals surface area contributed by atoms with Crippen LogP contribution in [-0.2, 0) is 6.54 Å². The van der Waals surface area contributed by atoms with Crippen molar-refractivity contribution in [2.75, 3.05) is 19.7 Å². The molecule has 15 heavy (non-hydrogen) atoms. The lowest BCUT2D eigenvalue weighted by Crippen LogP contribution is -2.38. The number of aliphatic hydroxyl groups excluding tert-OH is 1. The minimum atomic E-state index is 0.115. The normalized spacial score (nSPS) is 11.5. The summed E-state index contributed by atoms with van der Waals surface area (Å²) in [5, 5.41) is 16.9. The first-order valence-corrected chi connectivity index (χ1v) is 5.90. The number of guanidine groups is 1. The number of hydrogen-bond donors (Lipinski definition) is 3. The quantitative estimate of drug-likeness (QED) is 0.515. The molecule has 0 aliphatic heterocycles. The van der Waals surface area contributed by atoms with Crippen LogP contribution in [0.5, 0.6) is 0 Å². The molecule has 0 fully saturated rings. The summed E-state index contributed by atoms with van der Waals surface area (Å²) < 4.78 is 0. The second-order valence-corrected chi connectivity index (χ2v) is 3.96. The lowest BCUT2D eigenvalue weighted by atomic mass is 10.5. The molecule has 0 amide bonds. The van der Waals surface area contributed by atoms with Crippen molar-refractivity contribution in [3.8, 4) is 0 Å². The molecular weight excluding hydrogens is 210 g/mol. The van der Waals surface area contributed by atoms with E-state index in [-0.39, 0.29) is 6.61 Å². The molecule has 4 nitrogen and oxygen atoms in total. The van der Waals surface area contributed by atoms with E-state index in [1.54, 1.807) is 11.3 Å². The molecule has 1 aromatic heterocycles. The highest BCUT2D eigenvalue weighted by molar-refractivity contribution is 7.09. The van der Waals surface area contributed by atoms with E-state index in [9.17, 15) is 0 Å². The van der Waals surface area contributed by atoms with Gasteiger partial charge in [-0.1, -0.05) is 6.07 Å². The summed E-state index contributed by atoms with van der Waals surface area (Å²) in [6.07, 6.45) is 0. The van der Waals surface area contributed by atoms with Crippen LogP contribution in [0, 0.1) is 0 Å². The van der Waals surface area contributed by atoms with Gasteiger partial charge in [-0.15, -0.1) is 11.3 Å². The molecule has 0 unspecified atom stereocenters. The topological polar surface area (TPSA) is 56.7 Å². The lowest BCUT2D eigenvalue weighted by molar-refractivity contribution is 0.300. The fraction of sp³-hybridized carbons (Fsp3) is 0.500. The molecule has 0 aliphatic rings. The molecule has 0 spiro atoms. The Balaban J connectivity index is 2.43. The third kappa shape index (κ3) is 4.80. The predicted molar refractivity (Wildman–Crippen MR) is 64.2 cm³/mol. The van der Waals surface area contributed by atoms with Gasteiger partial charge in [0.25, 0.3) is 0 Å². The number of aliphatic imine (C=N–C) groups is 1. The Labute approximate surface area is 94.1 Å². The summed E-state index contributed by atoms with van der Waals surface area (Å²) in [5.74, 6) is 0.750. The molecule has 0 aliphatic carbocycles. The van der Waals surface area contributed by atoms with Crippen molar-refractivity contribution < 1.29 is 5.11 Å². The van der Waals surface area contributed by atoms with E-state index in [0.717, 1.165) is 12.5 Å². The maximum absolute atomic E-state index is 8.69. The molecule has 84 valence electrons. The van der Waals surface area contributed by atoms with E-state index in [0.29, 0.717) is 13.1 Å². The molecule has 5 heteroatoms. The molecule has 1 rings (SSSR count). The van der Waals surface area contributed by atoms with Gasteiger partial charge in [0.05, 0.1) is 13.2 Å². The van der Waals surface area contributed by atoms with Crippen LogP contribution in [0.4, 0.5) is 0 Å². The van der Waals surface area contributed by atoms with Crippen molar-refractivity contribution >= 4 is 17.3 Å². The van der Waals surface area contributed by atoms with Crippen molar-refractivity contribution in [2.45, 2.75) is 13.5 Å². The van der Waals surface area contributed by atoms with Gasteiger partial charge in [0.1, 0.15) is 0 Å². The van der Waals surface area contributed by atoms with Gasteiger partial charge >= 0.3 is 0 Å². The highest BCUT2D eigenvalue weighted by atomic mass is 32.1. The molecule has 0 radical (unpaired) electrons. The minimum Gasteiger partial charge on any atom is -0.395 e. The third-order valence-corrected chi connectivity index (χ3v) is 2.58. The Morgan fingerprint density at radius 3 is 3.00 bits per heavy atom. The second-order valence-electron chi connectivity index (χ2n) is 2.92. The summed E-state index contributed by atoms with van der Waals surface area (Å²) in [6.45, 7) is 4.15. The number of nitrogens with one attached hydrogen (secondary N) is 2. The monoisotopic (exact) mass is 227 g/mol.